The molecule has 1 aliphatic carbocycles. The summed E-state index contributed by atoms with van der Waals surface area (Å²) in [5.41, 5.74) is 4.71. The Labute approximate surface area is 119 Å². The van der Waals surface area contributed by atoms with E-state index in [0.29, 0.717) is 0 Å². The minimum atomic E-state index is 0.0199. The van der Waals surface area contributed by atoms with Crippen molar-refractivity contribution in [2.24, 2.45) is 0 Å². The Bertz CT molecular complexity index is 631. The molecular weight excluding hydrogens is 248 g/mol. The van der Waals surface area contributed by atoms with E-state index in [4.69, 9.17) is 0 Å². The van der Waals surface area contributed by atoms with Crippen molar-refractivity contribution in [3.05, 3.63) is 63.1 Å². The van der Waals surface area contributed by atoms with Crippen LogP contribution in [0.5, 0.6) is 0 Å². The Balaban J connectivity index is 1.70. The van der Waals surface area contributed by atoms with Crippen molar-refractivity contribution in [3.63, 3.8) is 0 Å². The highest BCUT2D eigenvalue weighted by molar-refractivity contribution is 5.30. The number of aromatic nitrogens is 2. The summed E-state index contributed by atoms with van der Waals surface area (Å²) < 4.78 is 0. The van der Waals surface area contributed by atoms with Gasteiger partial charge in [0.15, 0.2) is 0 Å². The summed E-state index contributed by atoms with van der Waals surface area (Å²) in [6.45, 7) is 0. The largest absolute Gasteiger partial charge is 0.268 e. The molecule has 104 valence electrons. The van der Waals surface area contributed by atoms with Crippen molar-refractivity contribution >= 4 is 0 Å². The highest BCUT2D eigenvalue weighted by atomic mass is 16.1. The molecule has 0 amide bonds. The van der Waals surface area contributed by atoms with E-state index < -0.39 is 0 Å². The van der Waals surface area contributed by atoms with Crippen LogP contribution >= 0.6 is 0 Å². The molecule has 0 radical (unpaired) electrons. The van der Waals surface area contributed by atoms with Gasteiger partial charge in [0.2, 0.25) is 0 Å². The molecule has 2 aromatic rings. The first-order valence-corrected chi connectivity index (χ1v) is 7.48. The zero-order chi connectivity index (χ0) is 13.8. The first-order valence-electron chi connectivity index (χ1n) is 7.48. The van der Waals surface area contributed by atoms with Gasteiger partial charge >= 0.3 is 0 Å². The maximum absolute atomic E-state index is 11.8. The molecule has 20 heavy (non-hydrogen) atoms. The summed E-state index contributed by atoms with van der Waals surface area (Å²) >= 11 is 0. The van der Waals surface area contributed by atoms with Gasteiger partial charge in [0.1, 0.15) is 0 Å². The van der Waals surface area contributed by atoms with Gasteiger partial charge in [-0.1, -0.05) is 30.3 Å². The summed E-state index contributed by atoms with van der Waals surface area (Å²) in [5, 5.41) is 6.96. The molecule has 1 heterocycles. The molecule has 0 saturated heterocycles. The number of aryl methyl sites for hydroxylation is 2. The number of rotatable bonds is 4. The number of nitrogens with one attached hydrogen (secondary N) is 1. The van der Waals surface area contributed by atoms with Crippen LogP contribution < -0.4 is 5.56 Å². The molecule has 1 aromatic carbocycles. The third-order valence-electron chi connectivity index (χ3n) is 4.10. The summed E-state index contributed by atoms with van der Waals surface area (Å²) in [6.07, 6.45) is 7.35. The lowest BCUT2D eigenvalue weighted by atomic mass is 9.90. The average Bonchev–Trinajstić information content (AvgIpc) is 2.51. The minimum absolute atomic E-state index is 0.0199. The predicted molar refractivity (Wildman–Crippen MR) is 80.0 cm³/mol. The molecule has 1 N–H and O–H groups in total. The summed E-state index contributed by atoms with van der Waals surface area (Å²) in [7, 11) is 0. The molecule has 3 rings (SSSR count). The maximum atomic E-state index is 11.8. The molecule has 0 saturated carbocycles. The van der Waals surface area contributed by atoms with E-state index >= 15 is 0 Å². The summed E-state index contributed by atoms with van der Waals surface area (Å²) in [4.78, 5) is 11.8. The first kappa shape index (κ1) is 13.1. The molecule has 0 unspecified atom stereocenters. The van der Waals surface area contributed by atoms with Crippen LogP contribution in [0.15, 0.2) is 35.1 Å². The number of H-pyrrole nitrogens is 1. The molecule has 0 fully saturated rings. The number of aromatic amines is 1. The van der Waals surface area contributed by atoms with Gasteiger partial charge in [-0.3, -0.25) is 4.79 Å². The van der Waals surface area contributed by atoms with Crippen molar-refractivity contribution in [3.8, 4) is 0 Å². The highest BCUT2D eigenvalue weighted by Crippen LogP contribution is 2.21. The zero-order valence-electron chi connectivity index (χ0n) is 11.7. The second-order valence-corrected chi connectivity index (χ2v) is 5.50. The number of benzene rings is 1. The molecule has 1 aliphatic rings. The molecule has 0 aliphatic heterocycles. The fourth-order valence-electron chi connectivity index (χ4n) is 3.04. The Hall–Kier alpha value is -1.90. The van der Waals surface area contributed by atoms with Crippen LogP contribution in [0.3, 0.4) is 0 Å². The van der Waals surface area contributed by atoms with Gasteiger partial charge in [0, 0.05) is 5.56 Å². The molecule has 0 spiro atoms. The number of nitrogens with zero attached hydrogens (tertiary/aromatic N) is 1. The number of hydrogen-bond donors (Lipinski definition) is 1. The van der Waals surface area contributed by atoms with Crippen molar-refractivity contribution in [1.29, 1.82) is 0 Å². The molecule has 0 bridgehead atoms. The molecular formula is C17H20N2O. The molecule has 1 aromatic heterocycles. The summed E-state index contributed by atoms with van der Waals surface area (Å²) in [5.74, 6) is 0. The van der Waals surface area contributed by atoms with E-state index in [-0.39, 0.29) is 5.56 Å². The van der Waals surface area contributed by atoms with Gasteiger partial charge in [0.25, 0.3) is 5.56 Å². The fourth-order valence-corrected chi connectivity index (χ4v) is 3.04. The molecule has 3 nitrogen and oxygen atoms in total. The van der Waals surface area contributed by atoms with E-state index in [1.165, 1.54) is 17.5 Å². The van der Waals surface area contributed by atoms with Crippen molar-refractivity contribution < 1.29 is 0 Å². The Morgan fingerprint density at radius 3 is 2.55 bits per heavy atom. The fraction of sp³-hybridized carbons (Fsp3) is 0.412. The lowest BCUT2D eigenvalue weighted by Crippen LogP contribution is -2.23. The van der Waals surface area contributed by atoms with Crippen LogP contribution in [0.4, 0.5) is 0 Å². The van der Waals surface area contributed by atoms with E-state index in [2.05, 4.69) is 34.5 Å². The van der Waals surface area contributed by atoms with Crippen LogP contribution in [0, 0.1) is 0 Å². The van der Waals surface area contributed by atoms with Crippen molar-refractivity contribution in [2.75, 3.05) is 0 Å². The predicted octanol–water partition coefficient (Wildman–Crippen LogP) is 2.82. The third kappa shape index (κ3) is 2.82. The Morgan fingerprint density at radius 2 is 1.75 bits per heavy atom. The first-order chi connectivity index (χ1) is 9.84. The van der Waals surface area contributed by atoms with E-state index in [1.54, 1.807) is 0 Å². The number of hydrogen-bond acceptors (Lipinski definition) is 2. The molecule has 3 heteroatoms. The number of fused-ring (bicyclic) bond motifs is 1. The third-order valence-corrected chi connectivity index (χ3v) is 4.10. The van der Waals surface area contributed by atoms with Gasteiger partial charge in [-0.25, -0.2) is 5.10 Å². The van der Waals surface area contributed by atoms with Gasteiger partial charge in [0.05, 0.1) is 5.69 Å². The van der Waals surface area contributed by atoms with E-state index in [1.807, 2.05) is 6.07 Å². The average molecular weight is 268 g/mol. The standard InChI is InChI=1S/C17H20N2O/c20-17-15-11-5-4-10-14(15)16(18-19-17)12-6-9-13-7-2-1-3-8-13/h1-3,7-8H,4-6,9-12H2,(H,19,20). The monoisotopic (exact) mass is 268 g/mol. The van der Waals surface area contributed by atoms with Gasteiger partial charge < -0.3 is 0 Å². The lowest BCUT2D eigenvalue weighted by Gasteiger charge is -2.17. The smallest absolute Gasteiger partial charge is 0.267 e. The quantitative estimate of drug-likeness (QED) is 0.926. The van der Waals surface area contributed by atoms with Crippen LogP contribution in [0.1, 0.15) is 41.6 Å². The van der Waals surface area contributed by atoms with Crippen molar-refractivity contribution in [1.82, 2.24) is 10.2 Å². The topological polar surface area (TPSA) is 45.8 Å². The minimum Gasteiger partial charge on any atom is -0.268 e. The van der Waals surface area contributed by atoms with E-state index in [9.17, 15) is 4.79 Å². The van der Waals surface area contributed by atoms with Crippen LogP contribution in [-0.2, 0) is 25.7 Å². The van der Waals surface area contributed by atoms with Gasteiger partial charge in [-0.05, 0) is 56.1 Å². The SMILES string of the molecule is O=c1[nH]nc(CCCc2ccccc2)c2c1CCCC2. The summed E-state index contributed by atoms with van der Waals surface area (Å²) in [6, 6.07) is 10.5. The Kier molecular flexibility index (Phi) is 3.95. The lowest BCUT2D eigenvalue weighted by molar-refractivity contribution is 0.644. The molecule has 0 atom stereocenters. The van der Waals surface area contributed by atoms with Crippen LogP contribution in [0.25, 0.3) is 0 Å². The van der Waals surface area contributed by atoms with Crippen LogP contribution in [0.2, 0.25) is 0 Å². The van der Waals surface area contributed by atoms with Gasteiger partial charge in [-0.15, -0.1) is 0 Å². The second-order valence-electron chi connectivity index (χ2n) is 5.50. The maximum Gasteiger partial charge on any atom is 0.267 e. The normalized spacial score (nSPS) is 14.0. The van der Waals surface area contributed by atoms with Crippen LogP contribution in [-0.4, -0.2) is 10.2 Å². The zero-order valence-corrected chi connectivity index (χ0v) is 11.7. The Morgan fingerprint density at radius 1 is 1.00 bits per heavy atom. The van der Waals surface area contributed by atoms with Gasteiger partial charge in [-0.2, -0.15) is 5.10 Å². The highest BCUT2D eigenvalue weighted by Gasteiger charge is 2.17. The van der Waals surface area contributed by atoms with E-state index in [0.717, 1.165) is 49.8 Å². The van der Waals surface area contributed by atoms with Crippen molar-refractivity contribution in [2.45, 2.75) is 44.9 Å². The second kappa shape index (κ2) is 6.04.